The van der Waals surface area contributed by atoms with Crippen LogP contribution in [0.4, 0.5) is 13.2 Å². The van der Waals surface area contributed by atoms with Gasteiger partial charge in [-0.05, 0) is 31.2 Å². The predicted molar refractivity (Wildman–Crippen MR) is 86.7 cm³/mol. The molecule has 1 heterocycles. The highest BCUT2D eigenvalue weighted by Crippen LogP contribution is 2.38. The van der Waals surface area contributed by atoms with Crippen molar-refractivity contribution in [1.82, 2.24) is 9.97 Å². The van der Waals surface area contributed by atoms with E-state index in [9.17, 15) is 13.2 Å². The number of nitrogens with zero attached hydrogens (tertiary/aromatic N) is 2. The van der Waals surface area contributed by atoms with Crippen LogP contribution in [0.2, 0.25) is 0 Å². The van der Waals surface area contributed by atoms with Crippen LogP contribution in [0.5, 0.6) is 5.75 Å². The van der Waals surface area contributed by atoms with Crippen LogP contribution in [0.1, 0.15) is 11.4 Å². The zero-order chi connectivity index (χ0) is 17.5. The molecule has 0 N–H and O–H groups in total. The van der Waals surface area contributed by atoms with Crippen molar-refractivity contribution in [2.24, 2.45) is 0 Å². The Labute approximate surface area is 137 Å². The van der Waals surface area contributed by atoms with Crippen molar-refractivity contribution >= 4 is 24.2 Å². The highest BCUT2D eigenvalue weighted by molar-refractivity contribution is 6.33. The number of alkyl halides is 3. The van der Waals surface area contributed by atoms with Gasteiger partial charge in [0.05, 0.1) is 23.9 Å². The van der Waals surface area contributed by atoms with Gasteiger partial charge in [0.15, 0.2) is 0 Å². The first kappa shape index (κ1) is 16.3. The van der Waals surface area contributed by atoms with Crippen LogP contribution in [-0.2, 0) is 6.18 Å². The van der Waals surface area contributed by atoms with Crippen LogP contribution < -0.4 is 10.2 Å². The van der Waals surface area contributed by atoms with Crippen LogP contribution >= 0.6 is 0 Å². The summed E-state index contributed by atoms with van der Waals surface area (Å²) in [5.41, 5.74) is 1.36. The van der Waals surface area contributed by atoms with Crippen LogP contribution in [-0.4, -0.2) is 24.9 Å². The summed E-state index contributed by atoms with van der Waals surface area (Å²) in [5, 5.41) is 0.688. The number of aryl methyl sites for hydroxylation is 1. The lowest BCUT2D eigenvalue weighted by Gasteiger charge is -2.14. The molecule has 0 aliphatic heterocycles. The third-order valence-electron chi connectivity index (χ3n) is 3.62. The number of rotatable bonds is 2. The number of ether oxygens (including phenoxy) is 1. The Balaban J connectivity index is 2.27. The zero-order valence-corrected chi connectivity index (χ0v) is 13.0. The van der Waals surface area contributed by atoms with Crippen molar-refractivity contribution in [3.05, 3.63) is 47.8 Å². The molecule has 0 atom stereocenters. The quantitative estimate of drug-likeness (QED) is 0.676. The summed E-state index contributed by atoms with van der Waals surface area (Å²) in [6.07, 6.45) is -4.44. The Morgan fingerprint density at radius 1 is 1.04 bits per heavy atom. The molecule has 2 aromatic carbocycles. The van der Waals surface area contributed by atoms with E-state index in [1.165, 1.54) is 13.2 Å². The summed E-state index contributed by atoms with van der Waals surface area (Å²) in [6, 6.07) is 8.48. The molecule has 0 spiro atoms. The molecule has 3 rings (SSSR count). The number of methoxy groups -OCH3 is 1. The van der Waals surface area contributed by atoms with Gasteiger partial charge >= 0.3 is 6.18 Å². The number of aromatic nitrogens is 2. The molecule has 0 fully saturated rings. The van der Waals surface area contributed by atoms with Crippen LogP contribution in [0.25, 0.3) is 22.2 Å². The van der Waals surface area contributed by atoms with Crippen LogP contribution in [0.3, 0.4) is 0 Å². The molecule has 3 aromatic rings. The van der Waals surface area contributed by atoms with E-state index in [2.05, 4.69) is 9.97 Å². The molecular formula is C17H12BF3N2O. The van der Waals surface area contributed by atoms with E-state index in [1.807, 2.05) is 0 Å². The third-order valence-corrected chi connectivity index (χ3v) is 3.62. The molecule has 0 aliphatic carbocycles. The second kappa shape index (κ2) is 5.81. The fraction of sp³-hybridized carbons (Fsp3) is 0.176. The fourth-order valence-electron chi connectivity index (χ4n) is 2.53. The Kier molecular flexibility index (Phi) is 3.95. The predicted octanol–water partition coefficient (Wildman–Crippen LogP) is 3.43. The van der Waals surface area contributed by atoms with E-state index < -0.39 is 11.7 Å². The smallest absolute Gasteiger partial charge is 0.416 e. The molecule has 7 heteroatoms. The topological polar surface area (TPSA) is 35.0 Å². The largest absolute Gasteiger partial charge is 0.496 e. The lowest BCUT2D eigenvalue weighted by atomic mass is 9.94. The fourth-order valence-corrected chi connectivity index (χ4v) is 2.53. The van der Waals surface area contributed by atoms with E-state index in [1.54, 1.807) is 25.1 Å². The summed E-state index contributed by atoms with van der Waals surface area (Å²) < 4.78 is 43.9. The van der Waals surface area contributed by atoms with Gasteiger partial charge in [0.2, 0.25) is 0 Å². The van der Waals surface area contributed by atoms with Crippen molar-refractivity contribution < 1.29 is 17.9 Å². The third kappa shape index (κ3) is 2.94. The maximum atomic E-state index is 12.9. The molecule has 0 bridgehead atoms. The molecule has 0 saturated carbocycles. The molecule has 120 valence electrons. The average Bonchev–Trinajstić information content (AvgIpc) is 2.52. The lowest BCUT2D eigenvalue weighted by molar-refractivity contribution is -0.137. The summed E-state index contributed by atoms with van der Waals surface area (Å²) in [4.78, 5) is 8.71. The Hall–Kier alpha value is -2.57. The molecule has 1 aromatic heterocycles. The van der Waals surface area contributed by atoms with Crippen molar-refractivity contribution in [1.29, 1.82) is 0 Å². The van der Waals surface area contributed by atoms with Gasteiger partial charge in [0, 0.05) is 10.9 Å². The monoisotopic (exact) mass is 328 g/mol. The van der Waals surface area contributed by atoms with E-state index in [4.69, 9.17) is 12.6 Å². The van der Waals surface area contributed by atoms with Crippen molar-refractivity contribution in [2.45, 2.75) is 13.1 Å². The Morgan fingerprint density at radius 2 is 1.79 bits per heavy atom. The Morgan fingerprint density at radius 3 is 2.46 bits per heavy atom. The molecule has 0 aliphatic rings. The minimum Gasteiger partial charge on any atom is -0.496 e. The summed E-state index contributed by atoms with van der Waals surface area (Å²) >= 11 is 0. The van der Waals surface area contributed by atoms with Gasteiger partial charge in [-0.1, -0.05) is 17.6 Å². The van der Waals surface area contributed by atoms with E-state index in [0.717, 1.165) is 12.1 Å². The number of hydrogen-bond donors (Lipinski definition) is 0. The number of halogens is 3. The first-order valence-electron chi connectivity index (χ1n) is 7.09. The second-order valence-corrected chi connectivity index (χ2v) is 5.31. The first-order valence-corrected chi connectivity index (χ1v) is 7.09. The normalized spacial score (nSPS) is 11.7. The number of benzene rings is 2. The van der Waals surface area contributed by atoms with Crippen LogP contribution in [0.15, 0.2) is 36.4 Å². The molecule has 2 radical (unpaired) electrons. The molecule has 0 unspecified atom stereocenters. The van der Waals surface area contributed by atoms with Gasteiger partial charge in [-0.15, -0.1) is 0 Å². The van der Waals surface area contributed by atoms with Gasteiger partial charge in [-0.25, -0.2) is 9.97 Å². The maximum absolute atomic E-state index is 12.9. The van der Waals surface area contributed by atoms with Gasteiger partial charge < -0.3 is 4.74 Å². The standard InChI is InChI=1S/C17H12BF3N2O/c1-9-22-14-8-11(18)4-6-12(14)16(23-9)13-5-3-10(17(19,20)21)7-15(13)24-2/h3-8H,1-2H3. The van der Waals surface area contributed by atoms with Crippen molar-refractivity contribution in [3.8, 4) is 17.0 Å². The molecule has 3 nitrogen and oxygen atoms in total. The Bertz CT molecular complexity index is 920. The van der Waals surface area contributed by atoms with Crippen molar-refractivity contribution in [2.75, 3.05) is 7.11 Å². The minimum absolute atomic E-state index is 0.0982. The molecular weight excluding hydrogens is 316 g/mol. The second-order valence-electron chi connectivity index (χ2n) is 5.31. The maximum Gasteiger partial charge on any atom is 0.416 e. The highest BCUT2D eigenvalue weighted by Gasteiger charge is 2.31. The lowest BCUT2D eigenvalue weighted by Crippen LogP contribution is -2.06. The van der Waals surface area contributed by atoms with E-state index >= 15 is 0 Å². The van der Waals surface area contributed by atoms with Crippen LogP contribution in [0, 0.1) is 6.92 Å². The van der Waals surface area contributed by atoms with E-state index in [-0.39, 0.29) is 5.75 Å². The summed E-state index contributed by atoms with van der Waals surface area (Å²) in [5.74, 6) is 0.589. The average molecular weight is 328 g/mol. The van der Waals surface area contributed by atoms with Gasteiger partial charge in [-0.2, -0.15) is 13.2 Å². The van der Waals surface area contributed by atoms with E-state index in [0.29, 0.717) is 33.4 Å². The molecule has 0 amide bonds. The first-order chi connectivity index (χ1) is 11.3. The van der Waals surface area contributed by atoms with Gasteiger partial charge in [0.25, 0.3) is 0 Å². The molecule has 24 heavy (non-hydrogen) atoms. The SMILES string of the molecule is [B]c1ccc2c(-c3ccc(C(F)(F)F)cc3OC)nc(C)nc2c1. The number of fused-ring (bicyclic) bond motifs is 1. The minimum atomic E-state index is -4.44. The highest BCUT2D eigenvalue weighted by atomic mass is 19.4. The summed E-state index contributed by atoms with van der Waals surface area (Å²) in [6.45, 7) is 1.71. The summed E-state index contributed by atoms with van der Waals surface area (Å²) in [7, 11) is 7.10. The van der Waals surface area contributed by atoms with Gasteiger partial charge in [0.1, 0.15) is 19.4 Å². The zero-order valence-electron chi connectivity index (χ0n) is 13.0. The van der Waals surface area contributed by atoms with Crippen molar-refractivity contribution in [3.63, 3.8) is 0 Å². The molecule has 0 saturated heterocycles. The van der Waals surface area contributed by atoms with Gasteiger partial charge in [-0.3, -0.25) is 0 Å². The number of hydrogen-bond acceptors (Lipinski definition) is 3.